The minimum Gasteiger partial charge on any atom is -0.467 e. The summed E-state index contributed by atoms with van der Waals surface area (Å²) in [6.45, 7) is 4.61. The number of halogens is 1. The van der Waals surface area contributed by atoms with E-state index in [-0.39, 0.29) is 24.4 Å². The standard InChI is InChI=1S/C24H25BrN2O3/c1-18(2)27(24(29)20-10-6-11-21(25)14-20)17-23(28)26(16-22-12-7-13-30-22)15-19-8-4-3-5-9-19/h3-14,18H,15-17H2,1-2H3. The molecule has 5 nitrogen and oxygen atoms in total. The molecule has 1 aromatic heterocycles. The lowest BCUT2D eigenvalue weighted by Gasteiger charge is -2.30. The van der Waals surface area contributed by atoms with Gasteiger partial charge in [0.15, 0.2) is 0 Å². The van der Waals surface area contributed by atoms with Gasteiger partial charge in [0.25, 0.3) is 5.91 Å². The van der Waals surface area contributed by atoms with Crippen molar-refractivity contribution >= 4 is 27.7 Å². The summed E-state index contributed by atoms with van der Waals surface area (Å²) < 4.78 is 6.28. The number of nitrogens with zero attached hydrogens (tertiary/aromatic N) is 2. The van der Waals surface area contributed by atoms with E-state index in [4.69, 9.17) is 4.42 Å². The smallest absolute Gasteiger partial charge is 0.254 e. The Morgan fingerprint density at radius 2 is 1.73 bits per heavy atom. The third-order valence-corrected chi connectivity index (χ3v) is 5.25. The Hall–Kier alpha value is -2.86. The summed E-state index contributed by atoms with van der Waals surface area (Å²) in [6, 6.07) is 20.5. The molecule has 30 heavy (non-hydrogen) atoms. The fourth-order valence-corrected chi connectivity index (χ4v) is 3.55. The summed E-state index contributed by atoms with van der Waals surface area (Å²) in [4.78, 5) is 29.7. The monoisotopic (exact) mass is 468 g/mol. The highest BCUT2D eigenvalue weighted by Gasteiger charge is 2.25. The van der Waals surface area contributed by atoms with Crippen LogP contribution < -0.4 is 0 Å². The number of hydrogen-bond acceptors (Lipinski definition) is 3. The van der Waals surface area contributed by atoms with Crippen molar-refractivity contribution in [3.05, 3.63) is 94.4 Å². The van der Waals surface area contributed by atoms with Gasteiger partial charge in [0.05, 0.1) is 12.8 Å². The van der Waals surface area contributed by atoms with Crippen molar-refractivity contribution in [1.82, 2.24) is 9.80 Å². The Labute approximate surface area is 185 Å². The second-order valence-corrected chi connectivity index (χ2v) is 8.27. The fourth-order valence-electron chi connectivity index (χ4n) is 3.15. The second-order valence-electron chi connectivity index (χ2n) is 7.35. The Kier molecular flexibility index (Phi) is 7.46. The number of carbonyl (C=O) groups excluding carboxylic acids is 2. The SMILES string of the molecule is CC(C)N(CC(=O)N(Cc1ccccc1)Cc1ccco1)C(=O)c1cccc(Br)c1. The van der Waals surface area contributed by atoms with E-state index in [0.29, 0.717) is 24.4 Å². The maximum absolute atomic E-state index is 13.3. The van der Waals surface area contributed by atoms with Gasteiger partial charge in [0.2, 0.25) is 5.91 Å². The molecule has 3 rings (SSSR count). The van der Waals surface area contributed by atoms with Crippen LogP contribution in [-0.4, -0.2) is 34.2 Å². The zero-order chi connectivity index (χ0) is 21.5. The molecule has 0 fully saturated rings. The van der Waals surface area contributed by atoms with Crippen molar-refractivity contribution < 1.29 is 14.0 Å². The first kappa shape index (κ1) is 21.8. The van der Waals surface area contributed by atoms with Crippen LogP contribution >= 0.6 is 15.9 Å². The van der Waals surface area contributed by atoms with Gasteiger partial charge < -0.3 is 14.2 Å². The van der Waals surface area contributed by atoms with E-state index < -0.39 is 0 Å². The number of amides is 2. The third-order valence-electron chi connectivity index (χ3n) is 4.76. The molecule has 0 saturated carbocycles. The van der Waals surface area contributed by atoms with Gasteiger partial charge in [0.1, 0.15) is 12.3 Å². The molecule has 0 bridgehead atoms. The molecule has 1 heterocycles. The summed E-state index contributed by atoms with van der Waals surface area (Å²) >= 11 is 3.40. The van der Waals surface area contributed by atoms with E-state index in [9.17, 15) is 9.59 Å². The fraction of sp³-hybridized carbons (Fsp3) is 0.250. The predicted molar refractivity (Wildman–Crippen MR) is 120 cm³/mol. The van der Waals surface area contributed by atoms with Crippen molar-refractivity contribution in [2.45, 2.75) is 33.0 Å². The van der Waals surface area contributed by atoms with Crippen LogP contribution in [0.4, 0.5) is 0 Å². The van der Waals surface area contributed by atoms with Gasteiger partial charge in [-0.05, 0) is 49.7 Å². The van der Waals surface area contributed by atoms with E-state index in [0.717, 1.165) is 10.0 Å². The molecule has 0 aliphatic rings. The molecular weight excluding hydrogens is 444 g/mol. The van der Waals surface area contributed by atoms with Crippen molar-refractivity contribution in [1.29, 1.82) is 0 Å². The summed E-state index contributed by atoms with van der Waals surface area (Å²) in [5.41, 5.74) is 1.57. The molecule has 0 radical (unpaired) electrons. The maximum atomic E-state index is 13.3. The topological polar surface area (TPSA) is 53.8 Å². The van der Waals surface area contributed by atoms with Crippen molar-refractivity contribution in [2.24, 2.45) is 0 Å². The minimum absolute atomic E-state index is 0.00342. The predicted octanol–water partition coefficient (Wildman–Crippen LogP) is 5.12. The van der Waals surface area contributed by atoms with Crippen molar-refractivity contribution in [3.63, 3.8) is 0 Å². The van der Waals surface area contributed by atoms with Crippen molar-refractivity contribution in [3.8, 4) is 0 Å². The third kappa shape index (κ3) is 5.83. The van der Waals surface area contributed by atoms with Crippen LogP contribution in [0.1, 0.15) is 35.5 Å². The summed E-state index contributed by atoms with van der Waals surface area (Å²) in [5.74, 6) is 0.401. The molecule has 156 valence electrons. The van der Waals surface area contributed by atoms with Gasteiger partial charge in [-0.25, -0.2) is 0 Å². The molecule has 0 saturated heterocycles. The van der Waals surface area contributed by atoms with Crippen LogP contribution in [0.5, 0.6) is 0 Å². The molecule has 0 atom stereocenters. The van der Waals surface area contributed by atoms with Gasteiger partial charge in [-0.2, -0.15) is 0 Å². The first-order chi connectivity index (χ1) is 14.4. The first-order valence-electron chi connectivity index (χ1n) is 9.84. The van der Waals surface area contributed by atoms with Gasteiger partial charge in [0, 0.05) is 22.6 Å². The lowest BCUT2D eigenvalue weighted by molar-refractivity contribution is -0.133. The molecule has 2 amide bonds. The second kappa shape index (κ2) is 10.3. The average molecular weight is 469 g/mol. The number of benzene rings is 2. The van der Waals surface area contributed by atoms with Crippen LogP contribution in [0.2, 0.25) is 0 Å². The normalized spacial score (nSPS) is 10.8. The quantitative estimate of drug-likeness (QED) is 0.460. The average Bonchev–Trinajstić information content (AvgIpc) is 3.24. The zero-order valence-electron chi connectivity index (χ0n) is 17.1. The molecular formula is C24H25BrN2O3. The highest BCUT2D eigenvalue weighted by Crippen LogP contribution is 2.17. The van der Waals surface area contributed by atoms with Crippen LogP contribution in [0.25, 0.3) is 0 Å². The van der Waals surface area contributed by atoms with E-state index >= 15 is 0 Å². The maximum Gasteiger partial charge on any atom is 0.254 e. The van der Waals surface area contributed by atoms with Crippen LogP contribution in [0, 0.1) is 0 Å². The minimum atomic E-state index is -0.169. The largest absolute Gasteiger partial charge is 0.467 e. The van der Waals surface area contributed by atoms with Gasteiger partial charge in [-0.3, -0.25) is 9.59 Å². The zero-order valence-corrected chi connectivity index (χ0v) is 18.7. The Morgan fingerprint density at radius 3 is 2.37 bits per heavy atom. The molecule has 0 N–H and O–H groups in total. The van der Waals surface area contributed by atoms with Crippen molar-refractivity contribution in [2.75, 3.05) is 6.54 Å². The van der Waals surface area contributed by atoms with Gasteiger partial charge in [-0.1, -0.05) is 52.3 Å². The van der Waals surface area contributed by atoms with Crippen LogP contribution in [0.15, 0.2) is 81.9 Å². The van der Waals surface area contributed by atoms with Crippen LogP contribution in [-0.2, 0) is 17.9 Å². The first-order valence-corrected chi connectivity index (χ1v) is 10.6. The number of carbonyl (C=O) groups is 2. The lowest BCUT2D eigenvalue weighted by atomic mass is 10.1. The number of rotatable bonds is 8. The molecule has 0 aliphatic heterocycles. The van der Waals surface area contributed by atoms with E-state index in [1.165, 1.54) is 0 Å². The Morgan fingerprint density at radius 1 is 0.967 bits per heavy atom. The molecule has 3 aromatic rings. The van der Waals surface area contributed by atoms with E-state index in [2.05, 4.69) is 15.9 Å². The molecule has 0 unspecified atom stereocenters. The molecule has 2 aromatic carbocycles. The summed E-state index contributed by atoms with van der Waals surface area (Å²) in [7, 11) is 0. The lowest BCUT2D eigenvalue weighted by Crippen LogP contribution is -2.45. The highest BCUT2D eigenvalue weighted by molar-refractivity contribution is 9.10. The van der Waals surface area contributed by atoms with E-state index in [1.807, 2.05) is 62.4 Å². The van der Waals surface area contributed by atoms with Crippen LogP contribution in [0.3, 0.4) is 0 Å². The molecule has 0 aliphatic carbocycles. The number of hydrogen-bond donors (Lipinski definition) is 0. The van der Waals surface area contributed by atoms with Gasteiger partial charge in [-0.15, -0.1) is 0 Å². The summed E-state index contributed by atoms with van der Waals surface area (Å²) in [6.07, 6.45) is 1.59. The van der Waals surface area contributed by atoms with Gasteiger partial charge >= 0.3 is 0 Å². The Bertz CT molecular complexity index is 971. The highest BCUT2D eigenvalue weighted by atomic mass is 79.9. The Balaban J connectivity index is 1.79. The molecule has 6 heteroatoms. The van der Waals surface area contributed by atoms with E-state index in [1.54, 1.807) is 34.3 Å². The molecule has 0 spiro atoms. The number of furan rings is 1. The summed E-state index contributed by atoms with van der Waals surface area (Å²) in [5, 5.41) is 0.